The van der Waals surface area contributed by atoms with E-state index in [9.17, 15) is 9.59 Å². The molecule has 2 aliphatic heterocycles. The molecule has 0 aliphatic carbocycles. The summed E-state index contributed by atoms with van der Waals surface area (Å²) >= 11 is 1.48. The van der Waals surface area contributed by atoms with E-state index in [1.807, 2.05) is 4.90 Å². The van der Waals surface area contributed by atoms with Crippen LogP contribution in [0.15, 0.2) is 22.8 Å². The van der Waals surface area contributed by atoms with E-state index in [0.29, 0.717) is 18.2 Å². The zero-order valence-electron chi connectivity index (χ0n) is 15.4. The number of carbonyl (C=O) groups is 2. The average molecular weight is 388 g/mol. The number of hydrogen-bond acceptors (Lipinski definition) is 6. The van der Waals surface area contributed by atoms with Crippen molar-refractivity contribution in [3.05, 3.63) is 34.7 Å². The molecule has 0 saturated carbocycles. The first-order chi connectivity index (χ1) is 13.1. The maximum absolute atomic E-state index is 12.6. The lowest BCUT2D eigenvalue weighted by atomic mass is 9.99. The van der Waals surface area contributed by atoms with Crippen LogP contribution in [0, 0.1) is 5.92 Å². The monoisotopic (exact) mass is 388 g/mol. The molecule has 0 atom stereocenters. The molecule has 1 saturated heterocycles. The van der Waals surface area contributed by atoms with Gasteiger partial charge in [-0.25, -0.2) is 4.98 Å². The highest BCUT2D eigenvalue weighted by Gasteiger charge is 2.26. The first kappa shape index (κ1) is 18.2. The predicted octanol–water partition coefficient (Wildman–Crippen LogP) is 2.61. The van der Waals surface area contributed by atoms with Crippen molar-refractivity contribution in [3.63, 3.8) is 0 Å². The summed E-state index contributed by atoms with van der Waals surface area (Å²) in [6.07, 6.45) is 4.47. The third-order valence-corrected chi connectivity index (χ3v) is 6.27. The molecule has 1 N–H and O–H groups in total. The van der Waals surface area contributed by atoms with Crippen LogP contribution < -0.4 is 5.32 Å². The van der Waals surface area contributed by atoms with Crippen molar-refractivity contribution in [2.75, 3.05) is 31.5 Å². The Balaban J connectivity index is 1.34. The van der Waals surface area contributed by atoms with Gasteiger partial charge in [0.25, 0.3) is 5.91 Å². The van der Waals surface area contributed by atoms with Crippen molar-refractivity contribution >= 4 is 28.3 Å². The lowest BCUT2D eigenvalue weighted by molar-refractivity contribution is -0.134. The average Bonchev–Trinajstić information content (AvgIpc) is 3.31. The van der Waals surface area contributed by atoms with Crippen molar-refractivity contribution < 1.29 is 14.0 Å². The number of likely N-dealkylation sites (tertiary alicyclic amines) is 1. The summed E-state index contributed by atoms with van der Waals surface area (Å²) in [6.45, 7) is 5.99. The van der Waals surface area contributed by atoms with Gasteiger partial charge in [0, 0.05) is 37.5 Å². The van der Waals surface area contributed by atoms with Crippen LogP contribution >= 0.6 is 11.3 Å². The lowest BCUT2D eigenvalue weighted by Gasteiger charge is -2.33. The number of nitrogens with one attached hydrogen (secondary N) is 1. The second kappa shape index (κ2) is 7.82. The highest BCUT2D eigenvalue weighted by molar-refractivity contribution is 7.15. The van der Waals surface area contributed by atoms with E-state index >= 15 is 0 Å². The fraction of sp³-hybridized carbons (Fsp3) is 0.526. The maximum Gasteiger partial charge on any atom is 0.293 e. The zero-order chi connectivity index (χ0) is 18.8. The Morgan fingerprint density at radius 1 is 1.33 bits per heavy atom. The third-order valence-electron chi connectivity index (χ3n) is 5.27. The molecule has 4 heterocycles. The van der Waals surface area contributed by atoms with Gasteiger partial charge in [0.1, 0.15) is 0 Å². The fourth-order valence-corrected chi connectivity index (χ4v) is 4.60. The SMILES string of the molecule is CC1CCN(C(=O)CN2CCc3nc(NC(=O)c4ccco4)sc3C2)CC1. The second-order valence-corrected chi connectivity index (χ2v) is 8.43. The van der Waals surface area contributed by atoms with Gasteiger partial charge in [0.05, 0.1) is 18.5 Å². The smallest absolute Gasteiger partial charge is 0.293 e. The Morgan fingerprint density at radius 2 is 2.15 bits per heavy atom. The molecule has 2 amide bonds. The first-order valence-electron chi connectivity index (χ1n) is 9.42. The molecular weight excluding hydrogens is 364 g/mol. The number of piperidine rings is 1. The Labute approximate surface area is 162 Å². The van der Waals surface area contributed by atoms with Gasteiger partial charge in [-0.05, 0) is 30.9 Å². The van der Waals surface area contributed by atoms with Gasteiger partial charge in [-0.3, -0.25) is 19.8 Å². The molecule has 1 fully saturated rings. The Hall–Kier alpha value is -2.19. The number of furan rings is 1. The Bertz CT molecular complexity index is 809. The van der Waals surface area contributed by atoms with E-state index in [1.54, 1.807) is 12.1 Å². The van der Waals surface area contributed by atoms with Gasteiger partial charge < -0.3 is 9.32 Å². The van der Waals surface area contributed by atoms with Gasteiger partial charge in [0.15, 0.2) is 10.9 Å². The molecule has 0 bridgehead atoms. The molecular formula is C19H24N4O3S. The number of hydrogen-bond donors (Lipinski definition) is 1. The van der Waals surface area contributed by atoms with Crippen molar-refractivity contribution in [2.45, 2.75) is 32.7 Å². The van der Waals surface area contributed by atoms with Gasteiger partial charge in [-0.2, -0.15) is 0 Å². The van der Waals surface area contributed by atoms with Crippen LogP contribution in [0.1, 0.15) is 40.9 Å². The van der Waals surface area contributed by atoms with E-state index in [-0.39, 0.29) is 17.6 Å². The normalized spacial score (nSPS) is 18.3. The largest absolute Gasteiger partial charge is 0.459 e. The highest BCUT2D eigenvalue weighted by Crippen LogP contribution is 2.28. The zero-order valence-corrected chi connectivity index (χ0v) is 16.3. The number of thiazole rings is 1. The molecule has 0 spiro atoms. The van der Waals surface area contributed by atoms with Gasteiger partial charge in [0.2, 0.25) is 5.91 Å². The van der Waals surface area contributed by atoms with E-state index in [0.717, 1.165) is 55.4 Å². The first-order valence-corrected chi connectivity index (χ1v) is 10.2. The topological polar surface area (TPSA) is 78.7 Å². The second-order valence-electron chi connectivity index (χ2n) is 7.34. The summed E-state index contributed by atoms with van der Waals surface area (Å²) in [6, 6.07) is 3.30. The van der Waals surface area contributed by atoms with Crippen LogP contribution in [-0.4, -0.2) is 52.8 Å². The van der Waals surface area contributed by atoms with Crippen LogP contribution in [-0.2, 0) is 17.8 Å². The number of aromatic nitrogens is 1. The van der Waals surface area contributed by atoms with Crippen LogP contribution in [0.4, 0.5) is 5.13 Å². The van der Waals surface area contributed by atoms with Gasteiger partial charge >= 0.3 is 0 Å². The fourth-order valence-electron chi connectivity index (χ4n) is 3.55. The van der Waals surface area contributed by atoms with Crippen molar-refractivity contribution in [3.8, 4) is 0 Å². The number of rotatable bonds is 4. The van der Waals surface area contributed by atoms with E-state index in [4.69, 9.17) is 4.42 Å². The summed E-state index contributed by atoms with van der Waals surface area (Å²) in [7, 11) is 0. The molecule has 0 unspecified atom stereocenters. The Morgan fingerprint density at radius 3 is 2.89 bits per heavy atom. The van der Waals surface area contributed by atoms with Crippen LogP contribution in [0.25, 0.3) is 0 Å². The van der Waals surface area contributed by atoms with Gasteiger partial charge in [-0.15, -0.1) is 11.3 Å². The summed E-state index contributed by atoms with van der Waals surface area (Å²) in [5, 5.41) is 3.38. The third kappa shape index (κ3) is 4.22. The van der Waals surface area contributed by atoms with E-state index in [2.05, 4.69) is 22.1 Å². The minimum atomic E-state index is -0.294. The minimum Gasteiger partial charge on any atom is -0.459 e. The predicted molar refractivity (Wildman–Crippen MR) is 103 cm³/mol. The molecule has 2 aromatic rings. The van der Waals surface area contributed by atoms with Crippen LogP contribution in [0.5, 0.6) is 0 Å². The van der Waals surface area contributed by atoms with E-state index in [1.165, 1.54) is 17.6 Å². The van der Waals surface area contributed by atoms with Crippen molar-refractivity contribution in [2.24, 2.45) is 5.92 Å². The summed E-state index contributed by atoms with van der Waals surface area (Å²) in [4.78, 5) is 34.5. The lowest BCUT2D eigenvalue weighted by Crippen LogP contribution is -2.44. The molecule has 8 heteroatoms. The summed E-state index contributed by atoms with van der Waals surface area (Å²) < 4.78 is 5.11. The molecule has 27 heavy (non-hydrogen) atoms. The van der Waals surface area contributed by atoms with Gasteiger partial charge in [-0.1, -0.05) is 6.92 Å². The molecule has 2 aromatic heterocycles. The standard InChI is InChI=1S/C19H24N4O3S/c1-13-4-8-23(9-5-13)17(24)12-22-7-6-14-16(11-22)27-19(20-14)21-18(25)15-3-2-10-26-15/h2-3,10,13H,4-9,11-12H2,1H3,(H,20,21,25). The number of fused-ring (bicyclic) bond motifs is 1. The summed E-state index contributed by atoms with van der Waals surface area (Å²) in [5.74, 6) is 0.920. The van der Waals surface area contributed by atoms with E-state index < -0.39 is 0 Å². The van der Waals surface area contributed by atoms with Crippen molar-refractivity contribution in [1.29, 1.82) is 0 Å². The molecule has 7 nitrogen and oxygen atoms in total. The van der Waals surface area contributed by atoms with Crippen LogP contribution in [0.3, 0.4) is 0 Å². The Kier molecular flexibility index (Phi) is 5.27. The molecule has 2 aliphatic rings. The number of amides is 2. The van der Waals surface area contributed by atoms with Crippen molar-refractivity contribution in [1.82, 2.24) is 14.8 Å². The maximum atomic E-state index is 12.6. The molecule has 4 rings (SSSR count). The number of carbonyl (C=O) groups excluding carboxylic acids is 2. The number of nitrogens with zero attached hydrogens (tertiary/aromatic N) is 3. The number of anilines is 1. The summed E-state index contributed by atoms with van der Waals surface area (Å²) in [5.41, 5.74) is 1.02. The van der Waals surface area contributed by atoms with Crippen LogP contribution in [0.2, 0.25) is 0 Å². The minimum absolute atomic E-state index is 0.223. The highest BCUT2D eigenvalue weighted by atomic mass is 32.1. The molecule has 0 radical (unpaired) electrons. The molecule has 0 aromatic carbocycles. The quantitative estimate of drug-likeness (QED) is 0.871. The molecule has 144 valence electrons.